The van der Waals surface area contributed by atoms with Crippen LogP contribution in [0.1, 0.15) is 13.3 Å². The van der Waals surface area contributed by atoms with E-state index >= 15 is 0 Å². The molecule has 16 heavy (non-hydrogen) atoms. The number of carbonyl (C=O) groups is 2. The molecule has 4 nitrogen and oxygen atoms in total. The molecule has 2 amide bonds. The zero-order valence-electron chi connectivity index (χ0n) is 9.17. The number of hydrogen-bond donors (Lipinski definition) is 1. The fourth-order valence-corrected chi connectivity index (χ4v) is 3.41. The van der Waals surface area contributed by atoms with Gasteiger partial charge in [-0.2, -0.15) is 0 Å². The summed E-state index contributed by atoms with van der Waals surface area (Å²) in [6.07, 6.45) is 4.46. The zero-order chi connectivity index (χ0) is 11.4. The Morgan fingerprint density at radius 2 is 1.81 bits per heavy atom. The van der Waals surface area contributed by atoms with E-state index in [1.165, 1.54) is 4.90 Å². The van der Waals surface area contributed by atoms with Crippen molar-refractivity contribution in [2.45, 2.75) is 19.4 Å². The summed E-state index contributed by atoms with van der Waals surface area (Å²) >= 11 is 0. The predicted molar refractivity (Wildman–Crippen MR) is 56.1 cm³/mol. The molecular weight excluding hydrogens is 206 g/mol. The number of fused-ring (bicyclic) bond motifs is 5. The SMILES string of the molecule is C[C@H](O)CN1C(=O)[C@@H]2[C@H](C1=O)[C@H]1C=C[C@H]2C1. The maximum Gasteiger partial charge on any atom is 0.233 e. The molecule has 3 aliphatic rings. The van der Waals surface area contributed by atoms with Crippen molar-refractivity contribution in [3.05, 3.63) is 12.2 Å². The Hall–Kier alpha value is -1.16. The van der Waals surface area contributed by atoms with Gasteiger partial charge in [0.05, 0.1) is 24.5 Å². The highest BCUT2D eigenvalue weighted by Crippen LogP contribution is 2.52. The first-order chi connectivity index (χ1) is 7.59. The first-order valence-electron chi connectivity index (χ1n) is 5.81. The summed E-state index contributed by atoms with van der Waals surface area (Å²) in [5.74, 6) is 0.0823. The van der Waals surface area contributed by atoms with Gasteiger partial charge in [-0.1, -0.05) is 12.2 Å². The molecule has 0 spiro atoms. The Kier molecular flexibility index (Phi) is 1.98. The van der Waals surface area contributed by atoms with Crippen LogP contribution in [0.5, 0.6) is 0 Å². The third-order valence-electron chi connectivity index (χ3n) is 4.01. The third kappa shape index (κ3) is 1.13. The van der Waals surface area contributed by atoms with Gasteiger partial charge < -0.3 is 5.11 Å². The topological polar surface area (TPSA) is 57.6 Å². The number of β-amino-alcohol motifs (C(OH)–C–C–N with tert-alkyl or cyclic N) is 1. The van der Waals surface area contributed by atoms with Crippen molar-refractivity contribution in [3.8, 4) is 0 Å². The second-order valence-electron chi connectivity index (χ2n) is 5.14. The number of carbonyl (C=O) groups excluding carboxylic acids is 2. The number of aliphatic hydroxyl groups is 1. The second kappa shape index (κ2) is 3.17. The Balaban J connectivity index is 1.89. The molecule has 1 saturated carbocycles. The number of rotatable bonds is 2. The van der Waals surface area contributed by atoms with E-state index in [1.807, 2.05) is 0 Å². The van der Waals surface area contributed by atoms with Crippen LogP contribution >= 0.6 is 0 Å². The Labute approximate surface area is 93.9 Å². The van der Waals surface area contributed by atoms with Crippen LogP contribution < -0.4 is 0 Å². The highest BCUT2D eigenvalue weighted by Gasteiger charge is 2.59. The van der Waals surface area contributed by atoms with Gasteiger partial charge in [-0.05, 0) is 25.2 Å². The van der Waals surface area contributed by atoms with Crippen molar-refractivity contribution in [2.24, 2.45) is 23.7 Å². The minimum Gasteiger partial charge on any atom is -0.392 e. The number of amides is 2. The van der Waals surface area contributed by atoms with Gasteiger partial charge in [-0.15, -0.1) is 0 Å². The minimum atomic E-state index is -0.641. The van der Waals surface area contributed by atoms with Crippen LogP contribution in [0.3, 0.4) is 0 Å². The number of likely N-dealkylation sites (tertiary alicyclic amines) is 1. The molecule has 0 radical (unpaired) electrons. The molecule has 2 aliphatic carbocycles. The maximum absolute atomic E-state index is 12.1. The van der Waals surface area contributed by atoms with Crippen molar-refractivity contribution in [3.63, 3.8) is 0 Å². The molecule has 4 heteroatoms. The van der Waals surface area contributed by atoms with Gasteiger partial charge in [0.15, 0.2) is 0 Å². The molecule has 0 aromatic rings. The molecule has 1 N–H and O–H groups in total. The van der Waals surface area contributed by atoms with Gasteiger partial charge in [0.25, 0.3) is 0 Å². The van der Waals surface area contributed by atoms with Crippen LogP contribution in [0.15, 0.2) is 12.2 Å². The van der Waals surface area contributed by atoms with E-state index in [2.05, 4.69) is 12.2 Å². The molecular formula is C12H15NO3. The summed E-state index contributed by atoms with van der Waals surface area (Å²) < 4.78 is 0. The van der Waals surface area contributed by atoms with E-state index in [0.717, 1.165) is 6.42 Å². The number of hydrogen-bond acceptors (Lipinski definition) is 3. The largest absolute Gasteiger partial charge is 0.392 e. The summed E-state index contributed by atoms with van der Waals surface area (Å²) in [6, 6.07) is 0. The van der Waals surface area contributed by atoms with Crippen molar-refractivity contribution in [1.82, 2.24) is 4.90 Å². The Morgan fingerprint density at radius 3 is 2.25 bits per heavy atom. The summed E-state index contributed by atoms with van der Waals surface area (Å²) in [7, 11) is 0. The lowest BCUT2D eigenvalue weighted by atomic mass is 9.85. The molecule has 0 aromatic heterocycles. The lowest BCUT2D eigenvalue weighted by Crippen LogP contribution is -2.38. The highest BCUT2D eigenvalue weighted by molar-refractivity contribution is 6.06. The molecule has 1 aliphatic heterocycles. The first kappa shape index (κ1) is 10.0. The van der Waals surface area contributed by atoms with Gasteiger partial charge in [-0.25, -0.2) is 0 Å². The van der Waals surface area contributed by atoms with Gasteiger partial charge >= 0.3 is 0 Å². The Morgan fingerprint density at radius 1 is 1.31 bits per heavy atom. The van der Waals surface area contributed by atoms with Crippen LogP contribution in [0.2, 0.25) is 0 Å². The average molecular weight is 221 g/mol. The monoisotopic (exact) mass is 221 g/mol. The number of allylic oxidation sites excluding steroid dienone is 2. The van der Waals surface area contributed by atoms with Gasteiger partial charge in [-0.3, -0.25) is 14.5 Å². The summed E-state index contributed by atoms with van der Waals surface area (Å²) in [5.41, 5.74) is 0. The fraction of sp³-hybridized carbons (Fsp3) is 0.667. The molecule has 1 heterocycles. The van der Waals surface area contributed by atoms with Crippen LogP contribution in [-0.4, -0.2) is 34.5 Å². The Bertz CT molecular complexity index is 358. The molecule has 0 aromatic carbocycles. The molecule has 5 atom stereocenters. The third-order valence-corrected chi connectivity index (χ3v) is 4.01. The zero-order valence-corrected chi connectivity index (χ0v) is 9.17. The summed E-state index contributed by atoms with van der Waals surface area (Å²) in [6.45, 7) is 1.74. The van der Waals surface area contributed by atoms with Crippen LogP contribution in [0.4, 0.5) is 0 Å². The van der Waals surface area contributed by atoms with Gasteiger partial charge in [0.2, 0.25) is 11.8 Å². The number of aliphatic hydroxyl groups excluding tert-OH is 1. The van der Waals surface area contributed by atoms with Crippen LogP contribution in [0, 0.1) is 23.7 Å². The predicted octanol–water partition coefficient (Wildman–Crippen LogP) is 0.174. The quantitative estimate of drug-likeness (QED) is 0.534. The maximum atomic E-state index is 12.1. The van der Waals surface area contributed by atoms with Crippen molar-refractivity contribution in [1.29, 1.82) is 0 Å². The van der Waals surface area contributed by atoms with Crippen molar-refractivity contribution in [2.75, 3.05) is 6.54 Å². The lowest BCUT2D eigenvalue weighted by molar-refractivity contribution is -0.142. The normalized spacial score (nSPS) is 42.0. The molecule has 2 fully saturated rings. The van der Waals surface area contributed by atoms with Gasteiger partial charge in [0, 0.05) is 0 Å². The number of nitrogens with zero attached hydrogens (tertiary/aromatic N) is 1. The molecule has 0 unspecified atom stereocenters. The highest BCUT2D eigenvalue weighted by atomic mass is 16.3. The van der Waals surface area contributed by atoms with E-state index < -0.39 is 6.10 Å². The van der Waals surface area contributed by atoms with E-state index in [0.29, 0.717) is 0 Å². The van der Waals surface area contributed by atoms with E-state index in [9.17, 15) is 14.7 Å². The van der Waals surface area contributed by atoms with Crippen molar-refractivity contribution >= 4 is 11.8 Å². The summed E-state index contributed by atoms with van der Waals surface area (Å²) in [5, 5.41) is 9.30. The second-order valence-corrected chi connectivity index (χ2v) is 5.14. The van der Waals surface area contributed by atoms with E-state index in [1.54, 1.807) is 6.92 Å². The van der Waals surface area contributed by atoms with Crippen LogP contribution in [-0.2, 0) is 9.59 Å². The molecule has 2 bridgehead atoms. The van der Waals surface area contributed by atoms with Gasteiger partial charge in [0.1, 0.15) is 0 Å². The smallest absolute Gasteiger partial charge is 0.233 e. The summed E-state index contributed by atoms with van der Waals surface area (Å²) in [4.78, 5) is 25.4. The molecule has 1 saturated heterocycles. The lowest BCUT2D eigenvalue weighted by Gasteiger charge is -2.18. The first-order valence-corrected chi connectivity index (χ1v) is 5.81. The minimum absolute atomic E-state index is 0.0762. The van der Waals surface area contributed by atoms with Crippen molar-refractivity contribution < 1.29 is 14.7 Å². The molecule has 3 rings (SSSR count). The van der Waals surface area contributed by atoms with Crippen LogP contribution in [0.25, 0.3) is 0 Å². The van der Waals surface area contributed by atoms with E-state index in [4.69, 9.17) is 0 Å². The standard InChI is InChI=1S/C12H15NO3/c1-6(14)5-13-11(15)9-7-2-3-8(4-7)10(9)12(13)16/h2-3,6-10,14H,4-5H2,1H3/t6-,7-,8-,9-,10+/m0/s1. The van der Waals surface area contributed by atoms with E-state index in [-0.39, 0.29) is 42.0 Å². The molecule has 86 valence electrons. The fourth-order valence-electron chi connectivity index (χ4n) is 3.41. The number of imide groups is 1. The average Bonchev–Trinajstić information content (AvgIpc) is 2.87.